The van der Waals surface area contributed by atoms with Gasteiger partial charge in [-0.05, 0) is 39.0 Å². The summed E-state index contributed by atoms with van der Waals surface area (Å²) in [4.78, 5) is 2.90. The predicted molar refractivity (Wildman–Crippen MR) is 83.1 cm³/mol. The fourth-order valence-corrected chi connectivity index (χ4v) is 4.72. The summed E-state index contributed by atoms with van der Waals surface area (Å²) >= 11 is 0. The quantitative estimate of drug-likeness (QED) is 0.841. The van der Waals surface area contributed by atoms with Crippen molar-refractivity contribution in [3.05, 3.63) is 0 Å². The minimum Gasteiger partial charge on any atom is -0.375 e. The number of nitrogens with zero attached hydrogens (tertiary/aromatic N) is 1. The first-order chi connectivity index (χ1) is 9.68. The number of hydrogen-bond acceptors (Lipinski definition) is 3. The summed E-state index contributed by atoms with van der Waals surface area (Å²) in [6.45, 7) is 9.17. The van der Waals surface area contributed by atoms with E-state index in [0.717, 1.165) is 19.1 Å². The van der Waals surface area contributed by atoms with Crippen LogP contribution in [0.25, 0.3) is 0 Å². The average molecular weight is 280 g/mol. The molecule has 2 unspecified atom stereocenters. The highest BCUT2D eigenvalue weighted by Gasteiger charge is 2.45. The number of rotatable bonds is 2. The van der Waals surface area contributed by atoms with Crippen molar-refractivity contribution in [3.63, 3.8) is 0 Å². The number of piperazine rings is 1. The van der Waals surface area contributed by atoms with E-state index >= 15 is 0 Å². The molecule has 3 fully saturated rings. The summed E-state index contributed by atoms with van der Waals surface area (Å²) in [5, 5.41) is 3.68. The van der Waals surface area contributed by atoms with Gasteiger partial charge in [0, 0.05) is 37.8 Å². The normalized spacial score (nSPS) is 39.0. The van der Waals surface area contributed by atoms with Gasteiger partial charge in [0.1, 0.15) is 0 Å². The van der Waals surface area contributed by atoms with E-state index in [1.54, 1.807) is 0 Å². The van der Waals surface area contributed by atoms with E-state index in [0.29, 0.717) is 5.54 Å². The minimum absolute atomic E-state index is 0.115. The molecule has 3 heteroatoms. The third-order valence-corrected chi connectivity index (χ3v) is 6.13. The maximum absolute atomic E-state index is 6.07. The van der Waals surface area contributed by atoms with Gasteiger partial charge < -0.3 is 10.1 Å². The Bertz CT molecular complexity index is 319. The summed E-state index contributed by atoms with van der Waals surface area (Å²) in [7, 11) is 0. The molecular weight excluding hydrogens is 248 g/mol. The van der Waals surface area contributed by atoms with Crippen LogP contribution in [0.3, 0.4) is 0 Å². The highest BCUT2D eigenvalue weighted by Crippen LogP contribution is 2.40. The van der Waals surface area contributed by atoms with E-state index in [1.807, 2.05) is 0 Å². The van der Waals surface area contributed by atoms with Gasteiger partial charge in [0.15, 0.2) is 0 Å². The molecule has 0 aromatic carbocycles. The Kier molecular flexibility index (Phi) is 4.40. The molecule has 116 valence electrons. The molecule has 1 aliphatic carbocycles. The molecule has 2 saturated heterocycles. The zero-order valence-electron chi connectivity index (χ0n) is 13.4. The van der Waals surface area contributed by atoms with Gasteiger partial charge in [-0.2, -0.15) is 0 Å². The van der Waals surface area contributed by atoms with Crippen molar-refractivity contribution in [1.29, 1.82) is 0 Å². The molecule has 2 atom stereocenters. The summed E-state index contributed by atoms with van der Waals surface area (Å²) in [6, 6.07) is 0.744. The Hall–Kier alpha value is -0.120. The molecule has 20 heavy (non-hydrogen) atoms. The van der Waals surface area contributed by atoms with E-state index < -0.39 is 0 Å². The zero-order valence-corrected chi connectivity index (χ0v) is 13.4. The molecule has 3 aliphatic rings. The van der Waals surface area contributed by atoms with E-state index in [2.05, 4.69) is 24.1 Å². The Morgan fingerprint density at radius 1 is 1.25 bits per heavy atom. The van der Waals surface area contributed by atoms with Crippen molar-refractivity contribution in [2.75, 3.05) is 26.2 Å². The summed E-state index contributed by atoms with van der Waals surface area (Å²) in [5.74, 6) is 0. The van der Waals surface area contributed by atoms with Crippen molar-refractivity contribution in [1.82, 2.24) is 10.2 Å². The zero-order chi connectivity index (χ0) is 14.1. The van der Waals surface area contributed by atoms with Gasteiger partial charge in [-0.25, -0.2) is 0 Å². The Labute approximate surface area is 124 Å². The number of nitrogens with one attached hydrogen (secondary N) is 1. The third-order valence-electron chi connectivity index (χ3n) is 6.13. The molecule has 2 heterocycles. The molecule has 0 amide bonds. The molecule has 1 spiro atoms. The SMILES string of the molecule is CCC1(C)CC(N2CCNCC23CCCCC3)CCO1. The molecule has 0 aromatic rings. The van der Waals surface area contributed by atoms with E-state index in [1.165, 1.54) is 64.6 Å². The van der Waals surface area contributed by atoms with Crippen molar-refractivity contribution in [2.45, 2.75) is 82.4 Å². The summed E-state index contributed by atoms with van der Waals surface area (Å²) in [6.07, 6.45) is 10.7. The molecule has 0 bridgehead atoms. The number of ether oxygens (including phenoxy) is 1. The van der Waals surface area contributed by atoms with E-state index in [-0.39, 0.29) is 5.60 Å². The molecule has 2 aliphatic heterocycles. The first-order valence-electron chi connectivity index (χ1n) is 8.79. The molecule has 0 aromatic heterocycles. The predicted octanol–water partition coefficient (Wildman–Crippen LogP) is 2.94. The lowest BCUT2D eigenvalue weighted by Gasteiger charge is -2.55. The monoisotopic (exact) mass is 280 g/mol. The average Bonchev–Trinajstić information content (AvgIpc) is 2.49. The van der Waals surface area contributed by atoms with Gasteiger partial charge in [-0.3, -0.25) is 4.90 Å². The Morgan fingerprint density at radius 3 is 2.80 bits per heavy atom. The third kappa shape index (κ3) is 2.77. The van der Waals surface area contributed by atoms with E-state index in [4.69, 9.17) is 4.74 Å². The molecule has 3 nitrogen and oxygen atoms in total. The minimum atomic E-state index is 0.115. The van der Waals surface area contributed by atoms with Crippen LogP contribution in [0.4, 0.5) is 0 Å². The van der Waals surface area contributed by atoms with Crippen LogP contribution in [0.2, 0.25) is 0 Å². The Balaban J connectivity index is 1.75. The van der Waals surface area contributed by atoms with Crippen molar-refractivity contribution in [3.8, 4) is 0 Å². The van der Waals surface area contributed by atoms with Crippen molar-refractivity contribution < 1.29 is 4.74 Å². The first kappa shape index (κ1) is 14.8. The van der Waals surface area contributed by atoms with Crippen LogP contribution in [-0.4, -0.2) is 48.3 Å². The van der Waals surface area contributed by atoms with Crippen LogP contribution in [0.5, 0.6) is 0 Å². The standard InChI is InChI=1S/C17H32N2O/c1-3-16(2)13-15(7-12-20-16)19-11-10-18-14-17(19)8-5-4-6-9-17/h15,18H,3-14H2,1-2H3. The van der Waals surface area contributed by atoms with Gasteiger partial charge in [0.25, 0.3) is 0 Å². The topological polar surface area (TPSA) is 24.5 Å². The number of hydrogen-bond donors (Lipinski definition) is 1. The van der Waals surface area contributed by atoms with Crippen molar-refractivity contribution >= 4 is 0 Å². The van der Waals surface area contributed by atoms with Crippen LogP contribution in [-0.2, 0) is 4.74 Å². The second kappa shape index (κ2) is 5.94. The van der Waals surface area contributed by atoms with Gasteiger partial charge in [-0.1, -0.05) is 26.2 Å². The molecular formula is C17H32N2O. The van der Waals surface area contributed by atoms with Gasteiger partial charge in [0.2, 0.25) is 0 Å². The fraction of sp³-hybridized carbons (Fsp3) is 1.00. The lowest BCUT2D eigenvalue weighted by molar-refractivity contribution is -0.121. The summed E-state index contributed by atoms with van der Waals surface area (Å²) < 4.78 is 6.07. The van der Waals surface area contributed by atoms with Crippen LogP contribution in [0.15, 0.2) is 0 Å². The van der Waals surface area contributed by atoms with Gasteiger partial charge in [-0.15, -0.1) is 0 Å². The van der Waals surface area contributed by atoms with E-state index in [9.17, 15) is 0 Å². The fourth-order valence-electron chi connectivity index (χ4n) is 4.72. The molecule has 1 saturated carbocycles. The van der Waals surface area contributed by atoms with Crippen LogP contribution in [0.1, 0.15) is 65.2 Å². The smallest absolute Gasteiger partial charge is 0.0666 e. The van der Waals surface area contributed by atoms with Gasteiger partial charge in [0.05, 0.1) is 5.60 Å². The second-order valence-corrected chi connectivity index (χ2v) is 7.45. The van der Waals surface area contributed by atoms with Crippen LogP contribution >= 0.6 is 0 Å². The molecule has 0 radical (unpaired) electrons. The second-order valence-electron chi connectivity index (χ2n) is 7.45. The van der Waals surface area contributed by atoms with Crippen molar-refractivity contribution in [2.24, 2.45) is 0 Å². The largest absolute Gasteiger partial charge is 0.375 e. The van der Waals surface area contributed by atoms with Gasteiger partial charge >= 0.3 is 0 Å². The highest BCUT2D eigenvalue weighted by atomic mass is 16.5. The van der Waals surface area contributed by atoms with Crippen LogP contribution < -0.4 is 5.32 Å². The maximum Gasteiger partial charge on any atom is 0.0666 e. The maximum atomic E-state index is 6.07. The van der Waals surface area contributed by atoms with Crippen LogP contribution in [0, 0.1) is 0 Å². The molecule has 3 rings (SSSR count). The highest BCUT2D eigenvalue weighted by molar-refractivity contribution is 5.02. The molecule has 1 N–H and O–H groups in total. The Morgan fingerprint density at radius 2 is 2.05 bits per heavy atom. The lowest BCUT2D eigenvalue weighted by atomic mass is 9.76. The lowest BCUT2D eigenvalue weighted by Crippen LogP contribution is -2.66. The first-order valence-corrected chi connectivity index (χ1v) is 8.79. The summed E-state index contributed by atoms with van der Waals surface area (Å²) in [5.41, 5.74) is 0.580.